The maximum Gasteiger partial charge on any atom is 0.279 e. The molecule has 0 aliphatic heterocycles. The van der Waals surface area contributed by atoms with Gasteiger partial charge >= 0.3 is 0 Å². The highest BCUT2D eigenvalue weighted by Crippen LogP contribution is 2.39. The number of nitrogens with zero attached hydrogens (tertiary/aromatic N) is 3. The maximum atomic E-state index is 14.0. The number of halogens is 3. The highest BCUT2D eigenvalue weighted by molar-refractivity contribution is 6.30. The van der Waals surface area contributed by atoms with Crippen LogP contribution < -0.4 is 5.56 Å². The molecule has 0 spiro atoms. The third-order valence-electron chi connectivity index (χ3n) is 5.23. The molecular weight excluding hydrogens is 376 g/mol. The molecule has 3 aromatic rings. The van der Waals surface area contributed by atoms with Crippen molar-refractivity contribution >= 4 is 22.5 Å². The van der Waals surface area contributed by atoms with Crippen LogP contribution in [0.5, 0.6) is 0 Å². The summed E-state index contributed by atoms with van der Waals surface area (Å²) in [6.07, 6.45) is 3.71. The topological polar surface area (TPSA) is 60.1 Å². The van der Waals surface area contributed by atoms with Crippen molar-refractivity contribution < 1.29 is 13.9 Å². The first-order chi connectivity index (χ1) is 12.8. The first-order valence-electron chi connectivity index (χ1n) is 8.73. The van der Waals surface area contributed by atoms with Crippen LogP contribution in [0.1, 0.15) is 43.5 Å². The summed E-state index contributed by atoms with van der Waals surface area (Å²) in [7, 11) is 1.60. The summed E-state index contributed by atoms with van der Waals surface area (Å²) in [5, 5.41) is 15.5. The molecule has 0 radical (unpaired) electrons. The first kappa shape index (κ1) is 18.1. The molecule has 1 fully saturated rings. The van der Waals surface area contributed by atoms with Gasteiger partial charge < -0.3 is 9.67 Å². The molecule has 1 aliphatic carbocycles. The maximum absolute atomic E-state index is 14.0. The van der Waals surface area contributed by atoms with E-state index in [0.717, 1.165) is 25.0 Å². The summed E-state index contributed by atoms with van der Waals surface area (Å²) in [6.45, 7) is 1.69. The number of fused-ring (bicyclic) bond motifs is 1. The van der Waals surface area contributed by atoms with Crippen LogP contribution in [-0.4, -0.2) is 19.5 Å². The molecule has 1 N–H and O–H groups in total. The molecule has 1 aromatic carbocycles. The predicted molar refractivity (Wildman–Crippen MR) is 97.9 cm³/mol. The van der Waals surface area contributed by atoms with Crippen LogP contribution in [-0.2, 0) is 12.6 Å². The van der Waals surface area contributed by atoms with Gasteiger partial charge in [-0.15, -0.1) is 0 Å². The Bertz CT molecular complexity index is 1100. The van der Waals surface area contributed by atoms with Crippen LogP contribution in [0.2, 0.25) is 5.02 Å². The van der Waals surface area contributed by atoms with Gasteiger partial charge in [-0.3, -0.25) is 9.48 Å². The summed E-state index contributed by atoms with van der Waals surface area (Å²) < 4.78 is 31.1. The summed E-state index contributed by atoms with van der Waals surface area (Å²) in [6, 6.07) is 3.94. The summed E-state index contributed by atoms with van der Waals surface area (Å²) in [5.74, 6) is -1.91. The lowest BCUT2D eigenvalue weighted by Gasteiger charge is -2.28. The molecule has 0 amide bonds. The van der Waals surface area contributed by atoms with E-state index in [9.17, 15) is 18.7 Å². The van der Waals surface area contributed by atoms with Gasteiger partial charge in [0.05, 0.1) is 5.69 Å². The number of pyridine rings is 1. The lowest BCUT2D eigenvalue weighted by Crippen LogP contribution is -2.30. The smallest absolute Gasteiger partial charge is 0.279 e. The fourth-order valence-electron chi connectivity index (χ4n) is 3.63. The van der Waals surface area contributed by atoms with Crippen LogP contribution in [0.25, 0.3) is 10.9 Å². The number of hydrogen-bond donors (Lipinski definition) is 1. The summed E-state index contributed by atoms with van der Waals surface area (Å²) in [5.41, 5.74) is -1.43. The second kappa shape index (κ2) is 6.14. The number of aromatic nitrogens is 3. The molecule has 1 atom stereocenters. The van der Waals surface area contributed by atoms with Crippen LogP contribution in [0.15, 0.2) is 29.2 Å². The number of rotatable bonds is 4. The standard InChI is InChI=1S/C19H18ClF2N3O2/c1-3-19(27,10-8-13(21)15(20)14(22)9-10)17-12-6-7-25(11-4-5-11)18(26)16(12)23-24(17)2/h6-9,11,27H,3-5H2,1-2H3/t19-/m0/s1. The van der Waals surface area contributed by atoms with Gasteiger partial charge in [-0.1, -0.05) is 18.5 Å². The summed E-state index contributed by atoms with van der Waals surface area (Å²) in [4.78, 5) is 12.7. The quantitative estimate of drug-likeness (QED) is 0.688. The average molecular weight is 394 g/mol. The van der Waals surface area contributed by atoms with Crippen molar-refractivity contribution in [3.05, 3.63) is 62.7 Å². The van der Waals surface area contributed by atoms with E-state index in [2.05, 4.69) is 5.10 Å². The molecule has 142 valence electrons. The number of aliphatic hydroxyl groups is 1. The van der Waals surface area contributed by atoms with Crippen LogP contribution in [0.3, 0.4) is 0 Å². The number of benzene rings is 1. The zero-order chi connectivity index (χ0) is 19.5. The van der Waals surface area contributed by atoms with E-state index in [1.807, 2.05) is 0 Å². The van der Waals surface area contributed by atoms with Crippen LogP contribution in [0, 0.1) is 11.6 Å². The Morgan fingerprint density at radius 1 is 1.33 bits per heavy atom. The minimum atomic E-state index is -1.74. The highest BCUT2D eigenvalue weighted by Gasteiger charge is 2.37. The van der Waals surface area contributed by atoms with Gasteiger partial charge in [0.25, 0.3) is 5.56 Å². The zero-order valence-electron chi connectivity index (χ0n) is 14.8. The molecule has 2 heterocycles. The van der Waals surface area contributed by atoms with E-state index in [4.69, 9.17) is 11.6 Å². The van der Waals surface area contributed by atoms with Crippen molar-refractivity contribution in [2.45, 2.75) is 37.8 Å². The Morgan fingerprint density at radius 3 is 2.52 bits per heavy atom. The van der Waals surface area contributed by atoms with E-state index in [-0.39, 0.29) is 29.1 Å². The number of aryl methyl sites for hydroxylation is 1. The SMILES string of the molecule is CC[C@](O)(c1cc(F)c(Cl)c(F)c1)c1c2ccn(C3CC3)c(=O)c2nn1C. The van der Waals surface area contributed by atoms with E-state index in [0.29, 0.717) is 11.1 Å². The lowest BCUT2D eigenvalue weighted by molar-refractivity contribution is 0.0685. The third-order valence-corrected chi connectivity index (χ3v) is 5.59. The van der Waals surface area contributed by atoms with Gasteiger partial charge in [-0.2, -0.15) is 5.10 Å². The van der Waals surface area contributed by atoms with Gasteiger partial charge in [0.15, 0.2) is 5.52 Å². The van der Waals surface area contributed by atoms with E-state index >= 15 is 0 Å². The van der Waals surface area contributed by atoms with E-state index < -0.39 is 22.3 Å². The fourth-order valence-corrected chi connectivity index (χ4v) is 3.74. The predicted octanol–water partition coefficient (Wildman–Crippen LogP) is 3.65. The van der Waals surface area contributed by atoms with Gasteiger partial charge in [-0.25, -0.2) is 8.78 Å². The molecule has 4 rings (SSSR count). The van der Waals surface area contributed by atoms with Gasteiger partial charge in [0.2, 0.25) is 0 Å². The molecule has 5 nitrogen and oxygen atoms in total. The van der Waals surface area contributed by atoms with Gasteiger partial charge in [0.1, 0.15) is 22.3 Å². The molecule has 2 aromatic heterocycles. The van der Waals surface area contributed by atoms with Crippen LogP contribution in [0.4, 0.5) is 8.78 Å². The van der Waals surface area contributed by atoms with Gasteiger partial charge in [-0.05, 0) is 43.0 Å². The monoisotopic (exact) mass is 393 g/mol. The Labute approximate surface area is 158 Å². The molecular formula is C19H18ClF2N3O2. The van der Waals surface area contributed by atoms with Crippen LogP contribution >= 0.6 is 11.6 Å². The summed E-state index contributed by atoms with van der Waals surface area (Å²) >= 11 is 5.57. The molecule has 1 aliphatic rings. The Morgan fingerprint density at radius 2 is 1.96 bits per heavy atom. The first-order valence-corrected chi connectivity index (χ1v) is 9.11. The van der Waals surface area contributed by atoms with E-state index in [1.165, 1.54) is 4.68 Å². The second-order valence-electron chi connectivity index (χ2n) is 6.96. The molecule has 0 bridgehead atoms. The average Bonchev–Trinajstić information content (AvgIpc) is 3.41. The van der Waals surface area contributed by atoms with Crippen molar-refractivity contribution in [1.82, 2.24) is 14.3 Å². The molecule has 0 unspecified atom stereocenters. The third kappa shape index (κ3) is 2.68. The normalized spacial score (nSPS) is 16.7. The Hall–Kier alpha value is -2.25. The highest BCUT2D eigenvalue weighted by atomic mass is 35.5. The Kier molecular flexibility index (Phi) is 4.12. The second-order valence-corrected chi connectivity index (χ2v) is 7.34. The molecule has 27 heavy (non-hydrogen) atoms. The van der Waals surface area contributed by atoms with Crippen molar-refractivity contribution in [3.63, 3.8) is 0 Å². The van der Waals surface area contributed by atoms with E-state index in [1.54, 1.807) is 30.8 Å². The minimum absolute atomic E-state index is 0.0145. The largest absolute Gasteiger partial charge is 0.379 e. The van der Waals surface area contributed by atoms with Gasteiger partial charge in [0, 0.05) is 24.7 Å². The lowest BCUT2D eigenvalue weighted by atomic mass is 9.86. The minimum Gasteiger partial charge on any atom is -0.379 e. The molecule has 1 saturated carbocycles. The molecule has 8 heteroatoms. The fraction of sp³-hybridized carbons (Fsp3) is 0.368. The van der Waals surface area contributed by atoms with Crippen molar-refractivity contribution in [1.29, 1.82) is 0 Å². The van der Waals surface area contributed by atoms with Crippen molar-refractivity contribution in [2.75, 3.05) is 0 Å². The van der Waals surface area contributed by atoms with Crippen molar-refractivity contribution in [3.8, 4) is 0 Å². The Balaban J connectivity index is 1.97. The number of hydrogen-bond acceptors (Lipinski definition) is 3. The molecule has 0 saturated heterocycles. The van der Waals surface area contributed by atoms with Crippen molar-refractivity contribution in [2.24, 2.45) is 7.05 Å². The zero-order valence-corrected chi connectivity index (χ0v) is 15.6.